The molecule has 0 radical (unpaired) electrons. The van der Waals surface area contributed by atoms with E-state index < -0.39 is 16.1 Å². The van der Waals surface area contributed by atoms with Gasteiger partial charge in [0.25, 0.3) is 5.91 Å². The lowest BCUT2D eigenvalue weighted by Crippen LogP contribution is -2.50. The summed E-state index contributed by atoms with van der Waals surface area (Å²) in [7, 11) is -3.79. The first-order chi connectivity index (χ1) is 19.2. The van der Waals surface area contributed by atoms with Gasteiger partial charge in [-0.1, -0.05) is 42.9 Å². The molecule has 40 heavy (non-hydrogen) atoms. The molecule has 0 bridgehead atoms. The zero-order chi connectivity index (χ0) is 28.9. The predicted molar refractivity (Wildman–Crippen MR) is 158 cm³/mol. The van der Waals surface area contributed by atoms with Gasteiger partial charge in [0.15, 0.2) is 5.13 Å². The van der Waals surface area contributed by atoms with Crippen LogP contribution in [0.15, 0.2) is 47.4 Å². The summed E-state index contributed by atoms with van der Waals surface area (Å²) in [6, 6.07) is 11.5. The van der Waals surface area contributed by atoms with Crippen molar-refractivity contribution in [2.45, 2.75) is 25.7 Å². The molecule has 0 N–H and O–H groups in total. The molecule has 0 saturated carbocycles. The van der Waals surface area contributed by atoms with Crippen LogP contribution >= 0.6 is 22.9 Å². The summed E-state index contributed by atoms with van der Waals surface area (Å²) in [5.41, 5.74) is 1.00. The number of likely N-dealkylation sites (N-methyl/N-ethyl adjacent to an activating group) is 1. The lowest BCUT2D eigenvalue weighted by molar-refractivity contribution is 0.0933. The number of sulfonamides is 1. The molecule has 1 fully saturated rings. The normalized spacial score (nSPS) is 14.6. The highest BCUT2D eigenvalue weighted by molar-refractivity contribution is 7.89. The van der Waals surface area contributed by atoms with Crippen LogP contribution in [0.3, 0.4) is 0 Å². The average molecular weight is 608 g/mol. The van der Waals surface area contributed by atoms with E-state index in [9.17, 15) is 18.0 Å². The van der Waals surface area contributed by atoms with E-state index in [1.54, 1.807) is 17.9 Å². The van der Waals surface area contributed by atoms with Crippen LogP contribution in [0.2, 0.25) is 5.02 Å². The van der Waals surface area contributed by atoms with Gasteiger partial charge in [-0.2, -0.15) is 4.31 Å². The first-order valence-corrected chi connectivity index (χ1v) is 15.9. The first-order valence-electron chi connectivity index (χ1n) is 13.3. The van der Waals surface area contributed by atoms with Crippen molar-refractivity contribution in [3.8, 4) is 0 Å². The van der Waals surface area contributed by atoms with E-state index in [2.05, 4.69) is 23.7 Å². The van der Waals surface area contributed by atoms with Gasteiger partial charge in [0.1, 0.15) is 5.52 Å². The molecule has 2 aromatic carbocycles. The van der Waals surface area contributed by atoms with Crippen LogP contribution in [-0.4, -0.2) is 98.5 Å². The number of amides is 2. The Labute approximate surface area is 244 Å². The maximum atomic E-state index is 13.7. The van der Waals surface area contributed by atoms with Crippen LogP contribution in [0.25, 0.3) is 10.2 Å². The lowest BCUT2D eigenvalue weighted by atomic mass is 10.2. The second kappa shape index (κ2) is 13.3. The fourth-order valence-electron chi connectivity index (χ4n) is 4.48. The molecule has 2 amide bonds. The zero-order valence-electron chi connectivity index (χ0n) is 22.9. The Bertz CT molecular complexity index is 1440. The molecule has 4 rings (SSSR count). The van der Waals surface area contributed by atoms with Gasteiger partial charge in [0.2, 0.25) is 10.0 Å². The lowest BCUT2D eigenvalue weighted by Gasteiger charge is -2.33. The van der Waals surface area contributed by atoms with E-state index in [0.717, 1.165) is 17.8 Å². The second-order valence-electron chi connectivity index (χ2n) is 9.18. The summed E-state index contributed by atoms with van der Waals surface area (Å²) in [4.78, 5) is 35.8. The number of carbonyl (C=O) groups excluding carboxylic acids is 2. The van der Waals surface area contributed by atoms with Gasteiger partial charge >= 0.3 is 6.09 Å². The topological polar surface area (TPSA) is 103 Å². The smallest absolute Gasteiger partial charge is 0.409 e. The molecule has 3 aromatic rings. The van der Waals surface area contributed by atoms with Crippen molar-refractivity contribution in [3.63, 3.8) is 0 Å². The quantitative estimate of drug-likeness (QED) is 0.336. The van der Waals surface area contributed by atoms with Gasteiger partial charge < -0.3 is 14.5 Å². The van der Waals surface area contributed by atoms with Crippen molar-refractivity contribution >= 4 is 60.3 Å². The maximum absolute atomic E-state index is 13.7. The van der Waals surface area contributed by atoms with Gasteiger partial charge in [-0.15, -0.1) is 0 Å². The molecule has 13 heteroatoms. The summed E-state index contributed by atoms with van der Waals surface area (Å²) in [5, 5.41) is 1.06. The molecule has 2 heterocycles. The molecule has 1 aliphatic rings. The Hall–Kier alpha value is -2.77. The number of carbonyl (C=O) groups is 2. The minimum atomic E-state index is -3.79. The summed E-state index contributed by atoms with van der Waals surface area (Å²) in [6.45, 7) is 9.76. The predicted octanol–water partition coefficient (Wildman–Crippen LogP) is 4.40. The van der Waals surface area contributed by atoms with Crippen LogP contribution < -0.4 is 4.90 Å². The number of rotatable bonds is 10. The van der Waals surface area contributed by atoms with E-state index in [4.69, 9.17) is 16.3 Å². The molecule has 0 spiro atoms. The third kappa shape index (κ3) is 6.58. The average Bonchev–Trinajstić information content (AvgIpc) is 3.41. The maximum Gasteiger partial charge on any atom is 0.409 e. The number of hydrogen-bond donors (Lipinski definition) is 0. The standard InChI is InChI=1S/C27H34ClN5O5S2/c1-4-30(5-2)14-19-33(26-29-24-22(28)8-7-9-23(24)39-26)25(34)20-10-12-21(13-11-20)40(36,37)32-17-15-31(16-18-32)27(35)38-6-3/h7-13H,4-6,14-19H2,1-3H3. The molecule has 1 saturated heterocycles. The van der Waals surface area contributed by atoms with Gasteiger partial charge in [0, 0.05) is 44.8 Å². The van der Waals surface area contributed by atoms with Crippen molar-refractivity contribution in [1.29, 1.82) is 0 Å². The molecule has 216 valence electrons. The van der Waals surface area contributed by atoms with Crippen molar-refractivity contribution in [2.24, 2.45) is 0 Å². The largest absolute Gasteiger partial charge is 0.450 e. The highest BCUT2D eigenvalue weighted by Crippen LogP contribution is 2.33. The van der Waals surface area contributed by atoms with Crippen molar-refractivity contribution in [1.82, 2.24) is 19.1 Å². The Morgan fingerprint density at radius 1 is 1.00 bits per heavy atom. The Morgan fingerprint density at radius 3 is 2.27 bits per heavy atom. The minimum absolute atomic E-state index is 0.0927. The number of ether oxygens (including phenoxy) is 1. The summed E-state index contributed by atoms with van der Waals surface area (Å²) >= 11 is 7.74. The number of nitrogens with zero attached hydrogens (tertiary/aromatic N) is 5. The SMILES string of the molecule is CCOC(=O)N1CCN(S(=O)(=O)c2ccc(C(=O)N(CCN(CC)CC)c3nc4c(Cl)cccc4s3)cc2)CC1. The van der Waals surface area contributed by atoms with Crippen LogP contribution in [0.4, 0.5) is 9.93 Å². The molecule has 0 atom stereocenters. The summed E-state index contributed by atoms with van der Waals surface area (Å²) in [5.74, 6) is -0.269. The molecule has 0 aliphatic carbocycles. The van der Waals surface area contributed by atoms with Crippen LogP contribution in [0.5, 0.6) is 0 Å². The van der Waals surface area contributed by atoms with Crippen LogP contribution in [-0.2, 0) is 14.8 Å². The third-order valence-electron chi connectivity index (χ3n) is 6.87. The number of halogens is 1. The number of piperazine rings is 1. The van der Waals surface area contributed by atoms with Crippen LogP contribution in [0, 0.1) is 0 Å². The number of aromatic nitrogens is 1. The Balaban J connectivity index is 1.54. The molecule has 10 nitrogen and oxygen atoms in total. The van der Waals surface area contributed by atoms with E-state index in [0.29, 0.717) is 34.3 Å². The minimum Gasteiger partial charge on any atom is -0.450 e. The summed E-state index contributed by atoms with van der Waals surface area (Å²) < 4.78 is 33.8. The molecular formula is C27H34ClN5O5S2. The highest BCUT2D eigenvalue weighted by Gasteiger charge is 2.31. The first kappa shape index (κ1) is 30.2. The van der Waals surface area contributed by atoms with E-state index in [1.165, 1.54) is 44.8 Å². The fraction of sp³-hybridized carbons (Fsp3) is 0.444. The van der Waals surface area contributed by atoms with Crippen LogP contribution in [0.1, 0.15) is 31.1 Å². The Kier molecular flexibility index (Phi) is 10.0. The monoisotopic (exact) mass is 607 g/mol. The van der Waals surface area contributed by atoms with E-state index in [1.807, 2.05) is 12.1 Å². The zero-order valence-corrected chi connectivity index (χ0v) is 25.3. The van der Waals surface area contributed by atoms with Crippen molar-refractivity contribution in [2.75, 3.05) is 63.9 Å². The number of para-hydroxylation sites is 1. The van der Waals surface area contributed by atoms with Gasteiger partial charge in [-0.05, 0) is 56.4 Å². The second-order valence-corrected chi connectivity index (χ2v) is 12.5. The molecular weight excluding hydrogens is 574 g/mol. The third-order valence-corrected chi connectivity index (χ3v) is 10.1. The van der Waals surface area contributed by atoms with Gasteiger partial charge in [-0.3, -0.25) is 9.69 Å². The van der Waals surface area contributed by atoms with E-state index >= 15 is 0 Å². The number of hydrogen-bond acceptors (Lipinski definition) is 8. The molecule has 1 aliphatic heterocycles. The van der Waals surface area contributed by atoms with E-state index in [-0.39, 0.29) is 43.6 Å². The highest BCUT2D eigenvalue weighted by atomic mass is 35.5. The van der Waals surface area contributed by atoms with Crippen molar-refractivity contribution in [3.05, 3.63) is 53.1 Å². The number of benzene rings is 2. The Morgan fingerprint density at radius 2 is 1.68 bits per heavy atom. The number of thiazole rings is 1. The summed E-state index contributed by atoms with van der Waals surface area (Å²) in [6.07, 6.45) is -0.441. The van der Waals surface area contributed by atoms with Gasteiger partial charge in [-0.25, -0.2) is 18.2 Å². The number of fused-ring (bicyclic) bond motifs is 1. The number of anilines is 1. The fourth-order valence-corrected chi connectivity index (χ4v) is 7.20. The molecule has 0 unspecified atom stereocenters. The molecule has 1 aromatic heterocycles. The van der Waals surface area contributed by atoms with Gasteiger partial charge in [0.05, 0.1) is 21.2 Å². The van der Waals surface area contributed by atoms with Crippen molar-refractivity contribution < 1.29 is 22.7 Å².